The molecule has 0 atom stereocenters. The molecule has 0 aromatic carbocycles. The third kappa shape index (κ3) is 2.85. The Kier molecular flexibility index (Phi) is 4.30. The molecule has 2 rings (SSSR count). The lowest BCUT2D eigenvalue weighted by Gasteiger charge is -2.16. The van der Waals surface area contributed by atoms with Gasteiger partial charge in [0.05, 0.1) is 6.20 Å². The fourth-order valence-corrected chi connectivity index (χ4v) is 2.27. The van der Waals surface area contributed by atoms with Crippen molar-refractivity contribution < 1.29 is 14.7 Å². The number of rotatable bonds is 5. The summed E-state index contributed by atoms with van der Waals surface area (Å²) >= 11 is 0. The molecule has 0 unspecified atom stereocenters. The lowest BCUT2D eigenvalue weighted by molar-refractivity contribution is 0.0679. The Morgan fingerprint density at radius 1 is 1.41 bits per heavy atom. The van der Waals surface area contributed by atoms with E-state index in [2.05, 4.69) is 10.2 Å². The van der Waals surface area contributed by atoms with Crippen molar-refractivity contribution in [1.29, 1.82) is 0 Å². The van der Waals surface area contributed by atoms with Gasteiger partial charge in [-0.3, -0.25) is 14.2 Å². The molecule has 8 nitrogen and oxygen atoms in total. The van der Waals surface area contributed by atoms with E-state index in [4.69, 9.17) is 5.11 Å². The van der Waals surface area contributed by atoms with Gasteiger partial charge in [-0.15, -0.1) is 0 Å². The minimum atomic E-state index is -1.17. The third-order valence-corrected chi connectivity index (χ3v) is 3.52. The van der Waals surface area contributed by atoms with E-state index >= 15 is 0 Å². The number of hydrogen-bond donors (Lipinski definition) is 1. The zero-order valence-electron chi connectivity index (χ0n) is 13.1. The van der Waals surface area contributed by atoms with Crippen LogP contribution in [-0.4, -0.2) is 48.5 Å². The summed E-state index contributed by atoms with van der Waals surface area (Å²) in [6, 6.07) is 0. The van der Waals surface area contributed by atoms with Gasteiger partial charge in [-0.25, -0.2) is 4.79 Å². The van der Waals surface area contributed by atoms with Crippen LogP contribution < -0.4 is 0 Å². The second kappa shape index (κ2) is 6.00. The van der Waals surface area contributed by atoms with E-state index in [9.17, 15) is 9.59 Å². The number of nitrogens with zero attached hydrogens (tertiary/aromatic N) is 5. The minimum absolute atomic E-state index is 0.0574. The first kappa shape index (κ1) is 15.7. The highest BCUT2D eigenvalue weighted by Gasteiger charge is 2.24. The molecule has 22 heavy (non-hydrogen) atoms. The molecule has 0 spiro atoms. The quantitative estimate of drug-likeness (QED) is 0.886. The standard InChI is InChI=1S/C14H19N5O3/c1-5-19-9(2)10(6-15-19)7-17(3)13(20)12-11(14(21)22)8-18(4)16-12/h6,8H,5,7H2,1-4H3,(H,21,22). The predicted octanol–water partition coefficient (Wildman–Crippen LogP) is 0.915. The van der Waals surface area contributed by atoms with Gasteiger partial charge in [-0.05, 0) is 13.8 Å². The van der Waals surface area contributed by atoms with Gasteiger partial charge in [0.25, 0.3) is 5.91 Å². The molecule has 0 aliphatic carbocycles. The van der Waals surface area contributed by atoms with E-state index in [0.717, 1.165) is 17.8 Å². The Morgan fingerprint density at radius 2 is 2.09 bits per heavy atom. The summed E-state index contributed by atoms with van der Waals surface area (Å²) in [5, 5.41) is 17.3. The first-order valence-corrected chi connectivity index (χ1v) is 6.88. The summed E-state index contributed by atoms with van der Waals surface area (Å²) in [5.74, 6) is -1.60. The van der Waals surface area contributed by atoms with Crippen LogP contribution in [0.5, 0.6) is 0 Å². The van der Waals surface area contributed by atoms with Crippen molar-refractivity contribution in [2.75, 3.05) is 7.05 Å². The van der Waals surface area contributed by atoms with E-state index < -0.39 is 11.9 Å². The van der Waals surface area contributed by atoms with E-state index in [1.165, 1.54) is 15.8 Å². The normalized spacial score (nSPS) is 10.7. The van der Waals surface area contributed by atoms with E-state index in [1.54, 1.807) is 20.3 Å². The van der Waals surface area contributed by atoms with Gasteiger partial charge in [0.1, 0.15) is 5.56 Å². The Morgan fingerprint density at radius 3 is 2.64 bits per heavy atom. The molecule has 0 fully saturated rings. The smallest absolute Gasteiger partial charge is 0.339 e. The predicted molar refractivity (Wildman–Crippen MR) is 78.6 cm³/mol. The largest absolute Gasteiger partial charge is 0.478 e. The molecule has 2 heterocycles. The number of hydrogen-bond acceptors (Lipinski definition) is 4. The summed E-state index contributed by atoms with van der Waals surface area (Å²) in [5.41, 5.74) is 1.76. The molecule has 0 bridgehead atoms. The number of carbonyl (C=O) groups is 2. The Labute approximate surface area is 127 Å². The van der Waals surface area contributed by atoms with Gasteiger partial charge in [-0.1, -0.05) is 0 Å². The number of aryl methyl sites for hydroxylation is 2. The minimum Gasteiger partial charge on any atom is -0.478 e. The molecule has 2 aromatic heterocycles. The summed E-state index contributed by atoms with van der Waals surface area (Å²) in [4.78, 5) is 25.1. The van der Waals surface area contributed by atoms with Crippen molar-refractivity contribution in [3.63, 3.8) is 0 Å². The monoisotopic (exact) mass is 305 g/mol. The highest BCUT2D eigenvalue weighted by Crippen LogP contribution is 2.14. The third-order valence-electron chi connectivity index (χ3n) is 3.52. The number of aromatic nitrogens is 4. The van der Waals surface area contributed by atoms with Crippen LogP contribution in [0.3, 0.4) is 0 Å². The Bertz CT molecular complexity index is 716. The van der Waals surface area contributed by atoms with Crippen molar-refractivity contribution in [2.45, 2.75) is 26.9 Å². The van der Waals surface area contributed by atoms with Crippen molar-refractivity contribution in [3.8, 4) is 0 Å². The summed E-state index contributed by atoms with van der Waals surface area (Å²) < 4.78 is 3.17. The van der Waals surface area contributed by atoms with E-state index in [0.29, 0.717) is 6.54 Å². The fourth-order valence-electron chi connectivity index (χ4n) is 2.27. The number of carboxylic acids is 1. The van der Waals surface area contributed by atoms with Crippen LogP contribution in [0.2, 0.25) is 0 Å². The molecule has 0 saturated carbocycles. The lowest BCUT2D eigenvalue weighted by Crippen LogP contribution is -2.28. The average molecular weight is 305 g/mol. The van der Waals surface area contributed by atoms with Crippen LogP contribution in [0.4, 0.5) is 0 Å². The number of carboxylic acid groups (broad SMARTS) is 1. The zero-order chi connectivity index (χ0) is 16.4. The first-order chi connectivity index (χ1) is 10.3. The van der Waals surface area contributed by atoms with E-state index in [1.807, 2.05) is 18.5 Å². The van der Waals surface area contributed by atoms with Crippen molar-refractivity contribution in [2.24, 2.45) is 7.05 Å². The molecular weight excluding hydrogens is 286 g/mol. The fraction of sp³-hybridized carbons (Fsp3) is 0.429. The molecule has 0 radical (unpaired) electrons. The summed E-state index contributed by atoms with van der Waals surface area (Å²) in [6.45, 7) is 5.03. The second-order valence-corrected chi connectivity index (χ2v) is 5.10. The molecule has 8 heteroatoms. The molecular formula is C14H19N5O3. The Hall–Kier alpha value is -2.64. The van der Waals surface area contributed by atoms with Crippen molar-refractivity contribution in [1.82, 2.24) is 24.5 Å². The SMILES string of the molecule is CCn1ncc(CN(C)C(=O)c2nn(C)cc2C(=O)O)c1C. The van der Waals surface area contributed by atoms with Gasteiger partial charge in [0, 0.05) is 44.6 Å². The maximum absolute atomic E-state index is 12.4. The van der Waals surface area contributed by atoms with Gasteiger partial charge in [-0.2, -0.15) is 10.2 Å². The van der Waals surface area contributed by atoms with E-state index in [-0.39, 0.29) is 11.3 Å². The highest BCUT2D eigenvalue weighted by molar-refractivity contribution is 6.03. The summed E-state index contributed by atoms with van der Waals surface area (Å²) in [7, 11) is 3.20. The molecule has 2 aromatic rings. The van der Waals surface area contributed by atoms with Gasteiger partial charge >= 0.3 is 5.97 Å². The molecule has 0 saturated heterocycles. The van der Waals surface area contributed by atoms with Gasteiger partial charge < -0.3 is 10.0 Å². The second-order valence-electron chi connectivity index (χ2n) is 5.10. The van der Waals surface area contributed by atoms with Crippen LogP contribution in [-0.2, 0) is 20.1 Å². The maximum Gasteiger partial charge on any atom is 0.339 e. The van der Waals surface area contributed by atoms with Crippen LogP contribution in [0.15, 0.2) is 12.4 Å². The highest BCUT2D eigenvalue weighted by atomic mass is 16.4. The lowest BCUT2D eigenvalue weighted by atomic mass is 10.2. The molecule has 0 aliphatic heterocycles. The molecule has 1 N–H and O–H groups in total. The van der Waals surface area contributed by atoms with Crippen LogP contribution in [0.1, 0.15) is 39.0 Å². The average Bonchev–Trinajstić information content (AvgIpc) is 3.02. The van der Waals surface area contributed by atoms with Gasteiger partial charge in [0.2, 0.25) is 0 Å². The van der Waals surface area contributed by atoms with Crippen molar-refractivity contribution in [3.05, 3.63) is 34.9 Å². The number of carbonyl (C=O) groups excluding carboxylic acids is 1. The maximum atomic E-state index is 12.4. The molecule has 0 aliphatic rings. The number of amides is 1. The molecule has 118 valence electrons. The van der Waals surface area contributed by atoms with Crippen molar-refractivity contribution >= 4 is 11.9 Å². The Balaban J connectivity index is 2.22. The van der Waals surface area contributed by atoms with Gasteiger partial charge in [0.15, 0.2) is 5.69 Å². The van der Waals surface area contributed by atoms with Crippen LogP contribution >= 0.6 is 0 Å². The molecule has 1 amide bonds. The van der Waals surface area contributed by atoms with Crippen LogP contribution in [0, 0.1) is 6.92 Å². The summed E-state index contributed by atoms with van der Waals surface area (Å²) in [6.07, 6.45) is 3.04. The first-order valence-electron chi connectivity index (χ1n) is 6.88. The topological polar surface area (TPSA) is 93.3 Å². The zero-order valence-corrected chi connectivity index (χ0v) is 13.1. The number of aromatic carboxylic acids is 1. The van der Waals surface area contributed by atoms with Crippen LogP contribution in [0.25, 0.3) is 0 Å².